The van der Waals surface area contributed by atoms with Crippen molar-refractivity contribution in [2.75, 3.05) is 43.6 Å². The molecule has 3 heterocycles. The maximum Gasteiger partial charge on any atom is 0.324 e. The Hall–Kier alpha value is -3.72. The van der Waals surface area contributed by atoms with E-state index >= 15 is 0 Å². The average Bonchev–Trinajstić information content (AvgIpc) is 3.67. The molecule has 2 fully saturated rings. The zero-order valence-corrected chi connectivity index (χ0v) is 20.3. The fourth-order valence-electron chi connectivity index (χ4n) is 4.79. The SMILES string of the molecule is Cc1cccc2cnc(Nc3cc(N(C)C(=O)N4CCOCC4)c4nc(C5CC5)n(C)c4c3)nc12. The minimum atomic E-state index is -0.0528. The Morgan fingerprint density at radius 1 is 1.14 bits per heavy atom. The number of para-hydroxylation sites is 1. The molecule has 6 rings (SSSR count). The Morgan fingerprint density at radius 2 is 1.94 bits per heavy atom. The van der Waals surface area contributed by atoms with Crippen molar-refractivity contribution in [3.8, 4) is 0 Å². The number of carbonyl (C=O) groups is 1. The van der Waals surface area contributed by atoms with Gasteiger partial charge in [0.25, 0.3) is 0 Å². The number of anilines is 3. The monoisotopic (exact) mass is 471 g/mol. The van der Waals surface area contributed by atoms with E-state index in [-0.39, 0.29) is 6.03 Å². The van der Waals surface area contributed by atoms with E-state index in [0.717, 1.165) is 57.5 Å². The number of urea groups is 1. The Kier molecular flexibility index (Phi) is 5.29. The third kappa shape index (κ3) is 3.95. The Balaban J connectivity index is 1.42. The number of nitrogens with zero attached hydrogens (tertiary/aromatic N) is 6. The third-order valence-corrected chi connectivity index (χ3v) is 6.94. The number of rotatable bonds is 4. The summed E-state index contributed by atoms with van der Waals surface area (Å²) < 4.78 is 7.58. The first kappa shape index (κ1) is 21.8. The van der Waals surface area contributed by atoms with Crippen molar-refractivity contribution in [3.05, 3.63) is 47.9 Å². The summed E-state index contributed by atoms with van der Waals surface area (Å²) in [6.45, 7) is 4.34. The quantitative estimate of drug-likeness (QED) is 0.477. The van der Waals surface area contributed by atoms with Crippen LogP contribution in [0.25, 0.3) is 21.9 Å². The number of imidazole rings is 1. The molecule has 0 spiro atoms. The van der Waals surface area contributed by atoms with Crippen LogP contribution in [-0.4, -0.2) is 63.8 Å². The van der Waals surface area contributed by atoms with E-state index in [2.05, 4.69) is 28.0 Å². The van der Waals surface area contributed by atoms with Crippen LogP contribution in [0.2, 0.25) is 0 Å². The molecule has 2 amide bonds. The van der Waals surface area contributed by atoms with Crippen molar-refractivity contribution >= 4 is 45.3 Å². The molecule has 2 aromatic heterocycles. The molecule has 9 nitrogen and oxygen atoms in total. The molecule has 4 aromatic rings. The average molecular weight is 472 g/mol. The van der Waals surface area contributed by atoms with E-state index in [1.165, 1.54) is 0 Å². The van der Waals surface area contributed by atoms with E-state index in [1.54, 1.807) is 4.90 Å². The standard InChI is InChI=1S/C26H29N7O2/c1-16-5-4-6-18-15-27-25(30-22(16)18)28-19-13-20-23(29-24(31(20)2)17-7-8-17)21(14-19)32(3)26(34)33-9-11-35-12-10-33/h4-6,13-15,17H,7-12H2,1-3H3,(H,27,28,30). The molecular weight excluding hydrogens is 442 g/mol. The molecule has 0 unspecified atom stereocenters. The second-order valence-corrected chi connectivity index (χ2v) is 9.44. The Bertz CT molecular complexity index is 1440. The molecule has 0 radical (unpaired) electrons. The van der Waals surface area contributed by atoms with Gasteiger partial charge in [-0.05, 0) is 37.5 Å². The van der Waals surface area contributed by atoms with Gasteiger partial charge < -0.3 is 19.5 Å². The molecule has 35 heavy (non-hydrogen) atoms. The van der Waals surface area contributed by atoms with Gasteiger partial charge in [-0.2, -0.15) is 0 Å². The maximum atomic E-state index is 13.4. The lowest BCUT2D eigenvalue weighted by Crippen LogP contribution is -2.47. The van der Waals surface area contributed by atoms with E-state index in [0.29, 0.717) is 38.2 Å². The van der Waals surface area contributed by atoms with Gasteiger partial charge in [0.05, 0.1) is 29.9 Å². The number of hydrogen-bond acceptors (Lipinski definition) is 6. The Morgan fingerprint density at radius 3 is 2.71 bits per heavy atom. The number of morpholine rings is 1. The Labute approximate surface area is 203 Å². The van der Waals surface area contributed by atoms with Gasteiger partial charge in [-0.1, -0.05) is 18.2 Å². The number of fused-ring (bicyclic) bond motifs is 2. The van der Waals surface area contributed by atoms with Crippen molar-refractivity contribution in [1.82, 2.24) is 24.4 Å². The molecule has 1 saturated carbocycles. The van der Waals surface area contributed by atoms with Crippen LogP contribution in [0.4, 0.5) is 22.1 Å². The fraction of sp³-hybridized carbons (Fsp3) is 0.385. The van der Waals surface area contributed by atoms with Crippen molar-refractivity contribution in [2.45, 2.75) is 25.7 Å². The zero-order valence-electron chi connectivity index (χ0n) is 20.3. The van der Waals surface area contributed by atoms with E-state index in [4.69, 9.17) is 14.7 Å². The normalized spacial score (nSPS) is 16.1. The summed E-state index contributed by atoms with van der Waals surface area (Å²) in [5, 5.41) is 4.38. The smallest absolute Gasteiger partial charge is 0.324 e. The van der Waals surface area contributed by atoms with Crippen LogP contribution < -0.4 is 10.2 Å². The summed E-state index contributed by atoms with van der Waals surface area (Å²) in [5.74, 6) is 2.08. The number of benzene rings is 2. The van der Waals surface area contributed by atoms with Gasteiger partial charge in [0, 0.05) is 50.4 Å². The lowest BCUT2D eigenvalue weighted by Gasteiger charge is -2.31. The summed E-state index contributed by atoms with van der Waals surface area (Å²) in [4.78, 5) is 31.1. The maximum absolute atomic E-state index is 13.4. The summed E-state index contributed by atoms with van der Waals surface area (Å²) in [5.41, 5.74) is 5.40. The summed E-state index contributed by atoms with van der Waals surface area (Å²) in [6.07, 6.45) is 4.15. The summed E-state index contributed by atoms with van der Waals surface area (Å²) in [6, 6.07) is 10.0. The molecule has 1 aliphatic heterocycles. The third-order valence-electron chi connectivity index (χ3n) is 6.94. The van der Waals surface area contributed by atoms with Crippen molar-refractivity contribution in [1.29, 1.82) is 0 Å². The van der Waals surface area contributed by atoms with Crippen LogP contribution in [0.1, 0.15) is 30.1 Å². The number of ether oxygens (including phenoxy) is 1. The minimum Gasteiger partial charge on any atom is -0.378 e. The topological polar surface area (TPSA) is 88.4 Å². The molecule has 1 N–H and O–H groups in total. The van der Waals surface area contributed by atoms with Crippen LogP contribution in [0, 0.1) is 6.92 Å². The lowest BCUT2D eigenvalue weighted by atomic mass is 10.1. The highest BCUT2D eigenvalue weighted by Crippen LogP contribution is 2.42. The van der Waals surface area contributed by atoms with Gasteiger partial charge in [0.1, 0.15) is 11.3 Å². The van der Waals surface area contributed by atoms with E-state index in [1.807, 2.05) is 49.3 Å². The van der Waals surface area contributed by atoms with Crippen LogP contribution in [0.3, 0.4) is 0 Å². The molecule has 9 heteroatoms. The van der Waals surface area contributed by atoms with Crippen LogP contribution in [-0.2, 0) is 11.8 Å². The highest BCUT2D eigenvalue weighted by Gasteiger charge is 2.31. The molecule has 180 valence electrons. The number of nitrogens with one attached hydrogen (secondary N) is 1. The fourth-order valence-corrected chi connectivity index (χ4v) is 4.79. The van der Waals surface area contributed by atoms with Gasteiger partial charge in [0.2, 0.25) is 5.95 Å². The van der Waals surface area contributed by atoms with Crippen molar-refractivity contribution < 1.29 is 9.53 Å². The molecule has 1 saturated heterocycles. The predicted molar refractivity (Wildman–Crippen MR) is 136 cm³/mol. The highest BCUT2D eigenvalue weighted by molar-refractivity contribution is 6.02. The molecule has 2 aromatic carbocycles. The lowest BCUT2D eigenvalue weighted by molar-refractivity contribution is 0.0551. The van der Waals surface area contributed by atoms with Crippen LogP contribution in [0.15, 0.2) is 36.5 Å². The van der Waals surface area contributed by atoms with Crippen molar-refractivity contribution in [2.24, 2.45) is 7.05 Å². The van der Waals surface area contributed by atoms with E-state index in [9.17, 15) is 4.79 Å². The molecule has 0 atom stereocenters. The highest BCUT2D eigenvalue weighted by atomic mass is 16.5. The van der Waals surface area contributed by atoms with Gasteiger partial charge in [0.15, 0.2) is 0 Å². The van der Waals surface area contributed by atoms with Gasteiger partial charge in [-0.3, -0.25) is 4.90 Å². The molecular formula is C26H29N7O2. The zero-order chi connectivity index (χ0) is 24.1. The first-order valence-electron chi connectivity index (χ1n) is 12.1. The second kappa shape index (κ2) is 8.49. The molecule has 2 aliphatic rings. The first-order valence-corrected chi connectivity index (χ1v) is 12.1. The first-order chi connectivity index (χ1) is 17.0. The number of carbonyl (C=O) groups excluding carboxylic acids is 1. The minimum absolute atomic E-state index is 0.0528. The molecule has 0 bridgehead atoms. The molecule has 1 aliphatic carbocycles. The van der Waals surface area contributed by atoms with E-state index < -0.39 is 0 Å². The van der Waals surface area contributed by atoms with Gasteiger partial charge >= 0.3 is 6.03 Å². The number of aromatic nitrogens is 4. The predicted octanol–water partition coefficient (Wildman–Crippen LogP) is 4.33. The summed E-state index contributed by atoms with van der Waals surface area (Å²) in [7, 11) is 3.87. The number of hydrogen-bond donors (Lipinski definition) is 1. The largest absolute Gasteiger partial charge is 0.378 e. The van der Waals surface area contributed by atoms with Crippen LogP contribution in [0.5, 0.6) is 0 Å². The van der Waals surface area contributed by atoms with Crippen molar-refractivity contribution in [3.63, 3.8) is 0 Å². The van der Waals surface area contributed by atoms with Crippen LogP contribution >= 0.6 is 0 Å². The summed E-state index contributed by atoms with van der Waals surface area (Å²) >= 11 is 0. The number of amides is 2. The number of aryl methyl sites for hydroxylation is 2. The second-order valence-electron chi connectivity index (χ2n) is 9.44. The van der Waals surface area contributed by atoms with Gasteiger partial charge in [-0.25, -0.2) is 19.7 Å². The van der Waals surface area contributed by atoms with Gasteiger partial charge in [-0.15, -0.1) is 0 Å².